The predicted molar refractivity (Wildman–Crippen MR) is 97.2 cm³/mol. The third-order valence-electron chi connectivity index (χ3n) is 4.95. The smallest absolute Gasteiger partial charge is 0.115 e. The summed E-state index contributed by atoms with van der Waals surface area (Å²) in [6, 6.07) is 18.2. The van der Waals surface area contributed by atoms with Crippen LogP contribution in [0.3, 0.4) is 0 Å². The van der Waals surface area contributed by atoms with Gasteiger partial charge in [-0.05, 0) is 49.9 Å². The lowest BCUT2D eigenvalue weighted by Gasteiger charge is -2.45. The molecule has 1 aliphatic rings. The minimum atomic E-state index is -0.103. The Hall–Kier alpha value is -1.84. The molecule has 2 aromatic carbocycles. The molecule has 0 aromatic heterocycles. The van der Waals surface area contributed by atoms with Gasteiger partial charge in [-0.15, -0.1) is 0 Å². The Bertz CT molecular complexity index is 651. The molecule has 0 amide bonds. The number of ether oxygens (including phenoxy) is 1. The van der Waals surface area contributed by atoms with Crippen LogP contribution in [0.4, 0.5) is 0 Å². The van der Waals surface area contributed by atoms with E-state index in [4.69, 9.17) is 4.74 Å². The second kappa shape index (κ2) is 6.96. The van der Waals surface area contributed by atoms with Crippen LogP contribution in [-0.4, -0.2) is 23.9 Å². The molecule has 0 bridgehead atoms. The molecule has 2 N–H and O–H groups in total. The van der Waals surface area contributed by atoms with Crippen molar-refractivity contribution < 1.29 is 9.84 Å². The Kier molecular flexibility index (Phi) is 4.93. The van der Waals surface area contributed by atoms with Gasteiger partial charge in [-0.25, -0.2) is 0 Å². The second-order valence-corrected chi connectivity index (χ2v) is 7.45. The molecule has 1 saturated heterocycles. The first kappa shape index (κ1) is 17.0. The predicted octanol–water partition coefficient (Wildman–Crippen LogP) is 4.01. The number of benzene rings is 2. The van der Waals surface area contributed by atoms with Gasteiger partial charge in [0.15, 0.2) is 0 Å². The molecule has 0 spiro atoms. The summed E-state index contributed by atoms with van der Waals surface area (Å²) < 4.78 is 5.96. The van der Waals surface area contributed by atoms with Gasteiger partial charge in [0.05, 0.1) is 5.60 Å². The Morgan fingerprint density at radius 1 is 1.04 bits per heavy atom. The maximum absolute atomic E-state index is 9.40. The highest BCUT2D eigenvalue weighted by Crippen LogP contribution is 2.41. The normalized spacial score (nSPS) is 23.1. The van der Waals surface area contributed by atoms with E-state index in [1.807, 2.05) is 12.1 Å². The third kappa shape index (κ3) is 3.97. The van der Waals surface area contributed by atoms with Crippen LogP contribution in [0.25, 0.3) is 0 Å². The number of hydrogen-bond donors (Lipinski definition) is 2. The van der Waals surface area contributed by atoms with Crippen LogP contribution in [0.2, 0.25) is 0 Å². The fraction of sp³-hybridized carbons (Fsp3) is 0.429. The number of nitrogens with one attached hydrogen (secondary N) is 1. The number of hydrogen-bond acceptors (Lipinski definition) is 3. The van der Waals surface area contributed by atoms with Crippen molar-refractivity contribution in [1.82, 2.24) is 5.32 Å². The molecule has 128 valence electrons. The summed E-state index contributed by atoms with van der Waals surface area (Å²) in [5.74, 6) is 0.311. The molecule has 1 unspecified atom stereocenters. The maximum atomic E-state index is 9.40. The van der Waals surface area contributed by atoms with E-state index in [0.717, 1.165) is 32.5 Å². The van der Waals surface area contributed by atoms with Crippen LogP contribution in [0.1, 0.15) is 37.8 Å². The second-order valence-electron chi connectivity index (χ2n) is 7.45. The number of aromatic hydroxyl groups is 1. The third-order valence-corrected chi connectivity index (χ3v) is 4.95. The van der Waals surface area contributed by atoms with Crippen molar-refractivity contribution in [3.63, 3.8) is 0 Å². The molecular weight excluding hydrogens is 298 g/mol. The van der Waals surface area contributed by atoms with Gasteiger partial charge in [0.25, 0.3) is 0 Å². The van der Waals surface area contributed by atoms with Crippen molar-refractivity contribution in [3.05, 3.63) is 65.7 Å². The number of phenols is 1. The van der Waals surface area contributed by atoms with Crippen LogP contribution in [0.15, 0.2) is 54.6 Å². The van der Waals surface area contributed by atoms with Crippen LogP contribution >= 0.6 is 0 Å². The van der Waals surface area contributed by atoms with Gasteiger partial charge in [-0.2, -0.15) is 0 Å². The van der Waals surface area contributed by atoms with E-state index in [0.29, 0.717) is 5.75 Å². The lowest BCUT2D eigenvalue weighted by atomic mass is 9.69. The highest BCUT2D eigenvalue weighted by molar-refractivity contribution is 5.28. The van der Waals surface area contributed by atoms with Crippen molar-refractivity contribution >= 4 is 0 Å². The zero-order valence-corrected chi connectivity index (χ0v) is 14.6. The molecular formula is C21H27NO2. The Balaban J connectivity index is 1.74. The van der Waals surface area contributed by atoms with Gasteiger partial charge < -0.3 is 15.2 Å². The first-order valence-corrected chi connectivity index (χ1v) is 8.67. The molecule has 3 nitrogen and oxygen atoms in total. The van der Waals surface area contributed by atoms with Gasteiger partial charge in [-0.3, -0.25) is 0 Å². The topological polar surface area (TPSA) is 41.5 Å². The number of phenolic OH excluding ortho intramolecular Hbond substituents is 1. The highest BCUT2D eigenvalue weighted by Gasteiger charge is 2.41. The molecule has 3 rings (SSSR count). The average Bonchev–Trinajstić information content (AvgIpc) is 2.57. The summed E-state index contributed by atoms with van der Waals surface area (Å²) in [7, 11) is 0. The van der Waals surface area contributed by atoms with Gasteiger partial charge >= 0.3 is 0 Å². The van der Waals surface area contributed by atoms with Gasteiger partial charge in [-0.1, -0.05) is 42.5 Å². The van der Waals surface area contributed by atoms with Crippen LogP contribution < -0.4 is 5.32 Å². The first-order chi connectivity index (χ1) is 11.5. The minimum absolute atomic E-state index is 0.0972. The lowest BCUT2D eigenvalue weighted by Crippen LogP contribution is -2.49. The molecule has 1 atom stereocenters. The summed E-state index contributed by atoms with van der Waals surface area (Å²) in [6.07, 6.45) is 2.04. The first-order valence-electron chi connectivity index (χ1n) is 8.67. The van der Waals surface area contributed by atoms with Crippen LogP contribution in [0.5, 0.6) is 5.75 Å². The van der Waals surface area contributed by atoms with Crippen molar-refractivity contribution in [2.45, 2.75) is 44.2 Å². The minimum Gasteiger partial charge on any atom is -0.508 e. The zero-order valence-electron chi connectivity index (χ0n) is 14.6. The molecule has 3 heteroatoms. The largest absolute Gasteiger partial charge is 0.508 e. The maximum Gasteiger partial charge on any atom is 0.115 e. The monoisotopic (exact) mass is 325 g/mol. The van der Waals surface area contributed by atoms with E-state index in [9.17, 15) is 5.11 Å². The lowest BCUT2D eigenvalue weighted by molar-refractivity contribution is -0.0821. The van der Waals surface area contributed by atoms with Crippen molar-refractivity contribution in [2.24, 2.45) is 0 Å². The molecule has 0 radical (unpaired) electrons. The standard InChI is InChI=1S/C21H27NO2/c1-20(2)15-21(12-13-24-20,18-6-4-3-5-7-18)16-22-14-17-8-10-19(23)11-9-17/h3-11,22-23H,12-16H2,1-2H3. The number of rotatable bonds is 5. The summed E-state index contributed by atoms with van der Waals surface area (Å²) >= 11 is 0. The molecule has 2 aromatic rings. The SMILES string of the molecule is CC1(C)CC(CNCc2ccc(O)cc2)(c2ccccc2)CCO1. The molecule has 24 heavy (non-hydrogen) atoms. The van der Waals surface area contributed by atoms with Gasteiger partial charge in [0.1, 0.15) is 5.75 Å². The summed E-state index contributed by atoms with van der Waals surface area (Å²) in [5, 5.41) is 13.0. The Labute approximate surface area is 144 Å². The van der Waals surface area contributed by atoms with Crippen molar-refractivity contribution in [2.75, 3.05) is 13.2 Å². The summed E-state index contributed by atoms with van der Waals surface area (Å²) in [6.45, 7) is 6.89. The van der Waals surface area contributed by atoms with Crippen LogP contribution in [-0.2, 0) is 16.7 Å². The molecule has 0 aliphatic carbocycles. The van der Waals surface area contributed by atoms with Crippen molar-refractivity contribution in [3.8, 4) is 5.75 Å². The molecule has 0 saturated carbocycles. The Morgan fingerprint density at radius 2 is 1.75 bits per heavy atom. The van der Waals surface area contributed by atoms with E-state index >= 15 is 0 Å². The molecule has 1 fully saturated rings. The van der Waals surface area contributed by atoms with E-state index in [1.165, 1.54) is 11.1 Å². The van der Waals surface area contributed by atoms with Crippen LogP contribution in [0, 0.1) is 0 Å². The summed E-state index contributed by atoms with van der Waals surface area (Å²) in [4.78, 5) is 0. The zero-order chi connectivity index (χ0) is 17.0. The quantitative estimate of drug-likeness (QED) is 0.873. The van der Waals surface area contributed by atoms with E-state index < -0.39 is 0 Å². The molecule has 1 aliphatic heterocycles. The molecule has 1 heterocycles. The van der Waals surface area contributed by atoms with Gasteiger partial charge in [0, 0.05) is 25.1 Å². The van der Waals surface area contributed by atoms with E-state index in [1.54, 1.807) is 12.1 Å². The Morgan fingerprint density at radius 3 is 2.42 bits per heavy atom. The fourth-order valence-corrected chi connectivity index (χ4v) is 3.83. The highest BCUT2D eigenvalue weighted by atomic mass is 16.5. The van der Waals surface area contributed by atoms with Gasteiger partial charge in [0.2, 0.25) is 0 Å². The van der Waals surface area contributed by atoms with Crippen molar-refractivity contribution in [1.29, 1.82) is 0 Å². The van der Waals surface area contributed by atoms with E-state index in [2.05, 4.69) is 49.5 Å². The average molecular weight is 325 g/mol. The fourth-order valence-electron chi connectivity index (χ4n) is 3.83. The van der Waals surface area contributed by atoms with E-state index in [-0.39, 0.29) is 11.0 Å². The summed E-state index contributed by atoms with van der Waals surface area (Å²) in [5.41, 5.74) is 2.57.